The maximum atomic E-state index is 12.1. The number of nitrogens with zero attached hydrogens (tertiary/aromatic N) is 2. The Morgan fingerprint density at radius 1 is 0.857 bits per heavy atom. The lowest BCUT2D eigenvalue weighted by Gasteiger charge is -2.16. The van der Waals surface area contributed by atoms with E-state index in [1.54, 1.807) is 6.92 Å². The van der Waals surface area contributed by atoms with Crippen molar-refractivity contribution in [3.05, 3.63) is 64.6 Å². The van der Waals surface area contributed by atoms with Gasteiger partial charge in [-0.3, -0.25) is 29.8 Å². The summed E-state index contributed by atoms with van der Waals surface area (Å²) >= 11 is 23.3. The van der Waals surface area contributed by atoms with Crippen LogP contribution in [0.5, 0.6) is 11.5 Å². The number of carbonyl (C=O) groups excluding carboxylic acids is 2. The van der Waals surface area contributed by atoms with Gasteiger partial charge in [-0.15, -0.1) is 0 Å². The van der Waals surface area contributed by atoms with Crippen LogP contribution in [0.2, 0.25) is 20.1 Å². The van der Waals surface area contributed by atoms with Gasteiger partial charge in [0, 0.05) is 34.8 Å². The molecular formula is C19H16Cl4N4O8. The quantitative estimate of drug-likeness (QED) is 0.300. The van der Waals surface area contributed by atoms with E-state index in [1.165, 1.54) is 12.1 Å². The Kier molecular flexibility index (Phi) is 10.1. The standard InChI is InChI=1S/C19H16Cl4N4O8/c1-9(25-17(29)8-35-19-13(23)3-11(21)5-15(19)27(32)33)6-24-16(28)7-34-18-12(22)2-10(20)4-14(18)26(30)31/h2-5,9H,6-8H2,1H3,(H,24,28)(H,25,29)/t9-/m0/s1. The number of amides is 2. The molecule has 0 bridgehead atoms. The van der Waals surface area contributed by atoms with Crippen LogP contribution in [0.4, 0.5) is 11.4 Å². The highest BCUT2D eigenvalue weighted by Crippen LogP contribution is 2.38. The third-order valence-electron chi connectivity index (χ3n) is 4.08. The Bertz CT molecular complexity index is 1160. The van der Waals surface area contributed by atoms with Crippen molar-refractivity contribution in [3.8, 4) is 11.5 Å². The molecule has 1 atom stereocenters. The summed E-state index contributed by atoms with van der Waals surface area (Å²) in [5, 5.41) is 27.0. The smallest absolute Gasteiger partial charge is 0.314 e. The second-order valence-corrected chi connectivity index (χ2v) is 8.52. The second-order valence-electron chi connectivity index (χ2n) is 6.84. The first-order valence-electron chi connectivity index (χ1n) is 9.47. The fourth-order valence-electron chi connectivity index (χ4n) is 2.61. The van der Waals surface area contributed by atoms with Crippen molar-refractivity contribution < 1.29 is 28.9 Å². The first-order valence-corrected chi connectivity index (χ1v) is 11.0. The van der Waals surface area contributed by atoms with E-state index in [0.717, 1.165) is 12.1 Å². The average molecular weight is 570 g/mol. The molecule has 0 fully saturated rings. The highest BCUT2D eigenvalue weighted by molar-refractivity contribution is 6.36. The summed E-state index contributed by atoms with van der Waals surface area (Å²) in [6.07, 6.45) is 0. The zero-order chi connectivity index (χ0) is 26.3. The molecule has 16 heteroatoms. The molecule has 0 aliphatic carbocycles. The Balaban J connectivity index is 1.84. The van der Waals surface area contributed by atoms with E-state index >= 15 is 0 Å². The number of carbonyl (C=O) groups is 2. The summed E-state index contributed by atoms with van der Waals surface area (Å²) in [5.41, 5.74) is -1.01. The molecule has 2 rings (SSSR count). The number of halogens is 4. The average Bonchev–Trinajstić information content (AvgIpc) is 2.75. The topological polar surface area (TPSA) is 163 Å². The van der Waals surface area contributed by atoms with Crippen molar-refractivity contribution >= 4 is 69.6 Å². The predicted octanol–water partition coefficient (Wildman–Crippen LogP) is 4.20. The summed E-state index contributed by atoms with van der Waals surface area (Å²) in [5.74, 6) is -1.92. The first-order chi connectivity index (χ1) is 16.4. The molecule has 0 saturated heterocycles. The molecule has 2 aromatic rings. The summed E-state index contributed by atoms with van der Waals surface area (Å²) in [4.78, 5) is 44.9. The lowest BCUT2D eigenvalue weighted by Crippen LogP contribution is -2.44. The first kappa shape index (κ1) is 28.2. The van der Waals surface area contributed by atoms with Gasteiger partial charge in [-0.1, -0.05) is 46.4 Å². The van der Waals surface area contributed by atoms with Crippen LogP contribution in [0, 0.1) is 20.2 Å². The fourth-order valence-corrected chi connectivity index (χ4v) is 3.69. The van der Waals surface area contributed by atoms with Crippen LogP contribution in [-0.2, 0) is 9.59 Å². The molecule has 12 nitrogen and oxygen atoms in total. The lowest BCUT2D eigenvalue weighted by molar-refractivity contribution is -0.386. The number of nitrogens with one attached hydrogen (secondary N) is 2. The van der Waals surface area contributed by atoms with Gasteiger partial charge in [-0.25, -0.2) is 0 Å². The monoisotopic (exact) mass is 568 g/mol. The van der Waals surface area contributed by atoms with E-state index in [-0.39, 0.29) is 38.1 Å². The number of nitro benzene ring substituents is 2. The lowest BCUT2D eigenvalue weighted by atomic mass is 10.3. The fraction of sp³-hybridized carbons (Fsp3) is 0.263. The molecule has 0 unspecified atom stereocenters. The number of nitro groups is 2. The minimum Gasteiger partial charge on any atom is -0.476 e. The van der Waals surface area contributed by atoms with Gasteiger partial charge in [-0.2, -0.15) is 0 Å². The van der Waals surface area contributed by atoms with Crippen molar-refractivity contribution in [1.82, 2.24) is 10.6 Å². The van der Waals surface area contributed by atoms with E-state index in [4.69, 9.17) is 55.9 Å². The molecule has 0 radical (unpaired) electrons. The SMILES string of the molecule is C[C@@H](CNC(=O)COc1c(Cl)cc(Cl)cc1[N+](=O)[O-])NC(=O)COc1c(Cl)cc(Cl)cc1[N+](=O)[O-]. The van der Waals surface area contributed by atoms with Gasteiger partial charge in [0.05, 0.1) is 19.9 Å². The molecule has 2 amide bonds. The van der Waals surface area contributed by atoms with Crippen LogP contribution in [0.15, 0.2) is 24.3 Å². The number of ether oxygens (including phenoxy) is 2. The Hall–Kier alpha value is -3.06. The molecule has 0 aliphatic rings. The minimum absolute atomic E-state index is 0.0276. The molecule has 2 aromatic carbocycles. The third-order valence-corrected chi connectivity index (χ3v) is 5.08. The van der Waals surface area contributed by atoms with Crippen LogP contribution in [-0.4, -0.2) is 47.5 Å². The zero-order valence-electron chi connectivity index (χ0n) is 17.7. The Morgan fingerprint density at radius 3 is 1.71 bits per heavy atom. The third kappa shape index (κ3) is 8.28. The largest absolute Gasteiger partial charge is 0.476 e. The molecular weight excluding hydrogens is 554 g/mol. The van der Waals surface area contributed by atoms with Crippen molar-refractivity contribution in [1.29, 1.82) is 0 Å². The number of hydrogen-bond donors (Lipinski definition) is 2. The highest BCUT2D eigenvalue weighted by atomic mass is 35.5. The van der Waals surface area contributed by atoms with Crippen molar-refractivity contribution in [2.45, 2.75) is 13.0 Å². The molecule has 0 aliphatic heterocycles. The maximum absolute atomic E-state index is 12.1. The maximum Gasteiger partial charge on any atom is 0.314 e. The Morgan fingerprint density at radius 2 is 1.29 bits per heavy atom. The van der Waals surface area contributed by atoms with Crippen LogP contribution in [0.1, 0.15) is 6.92 Å². The van der Waals surface area contributed by atoms with Crippen LogP contribution in [0.3, 0.4) is 0 Å². The van der Waals surface area contributed by atoms with Gasteiger partial charge in [0.15, 0.2) is 13.2 Å². The predicted molar refractivity (Wildman–Crippen MR) is 128 cm³/mol. The van der Waals surface area contributed by atoms with E-state index < -0.39 is 52.3 Å². The summed E-state index contributed by atoms with van der Waals surface area (Å²) in [6, 6.07) is 3.95. The number of rotatable bonds is 11. The van der Waals surface area contributed by atoms with Gasteiger partial charge >= 0.3 is 11.4 Å². The Labute approximate surface area is 217 Å². The summed E-state index contributed by atoms with van der Waals surface area (Å²) in [6.45, 7) is 0.344. The van der Waals surface area contributed by atoms with Gasteiger partial charge in [0.25, 0.3) is 11.8 Å². The molecule has 0 saturated carbocycles. The van der Waals surface area contributed by atoms with Crippen molar-refractivity contribution in [2.75, 3.05) is 19.8 Å². The summed E-state index contributed by atoms with van der Waals surface area (Å²) in [7, 11) is 0. The number of benzene rings is 2. The normalized spacial score (nSPS) is 11.3. The summed E-state index contributed by atoms with van der Waals surface area (Å²) < 4.78 is 10.4. The van der Waals surface area contributed by atoms with Gasteiger partial charge in [0.2, 0.25) is 11.5 Å². The minimum atomic E-state index is -0.753. The van der Waals surface area contributed by atoms with Gasteiger partial charge in [0.1, 0.15) is 0 Å². The molecule has 0 aromatic heterocycles. The molecule has 35 heavy (non-hydrogen) atoms. The van der Waals surface area contributed by atoms with Crippen LogP contribution in [0.25, 0.3) is 0 Å². The van der Waals surface area contributed by atoms with E-state index in [9.17, 15) is 29.8 Å². The van der Waals surface area contributed by atoms with E-state index in [0.29, 0.717) is 0 Å². The van der Waals surface area contributed by atoms with Crippen LogP contribution < -0.4 is 20.1 Å². The number of hydrogen-bond acceptors (Lipinski definition) is 8. The van der Waals surface area contributed by atoms with E-state index in [1.807, 2.05) is 0 Å². The van der Waals surface area contributed by atoms with E-state index in [2.05, 4.69) is 10.6 Å². The van der Waals surface area contributed by atoms with Gasteiger partial charge in [-0.05, 0) is 19.1 Å². The second kappa shape index (κ2) is 12.6. The zero-order valence-corrected chi connectivity index (χ0v) is 20.7. The molecule has 2 N–H and O–H groups in total. The van der Waals surface area contributed by atoms with Crippen LogP contribution >= 0.6 is 46.4 Å². The van der Waals surface area contributed by atoms with Gasteiger partial charge < -0.3 is 20.1 Å². The molecule has 0 heterocycles. The highest BCUT2D eigenvalue weighted by Gasteiger charge is 2.23. The van der Waals surface area contributed by atoms with Crippen molar-refractivity contribution in [2.24, 2.45) is 0 Å². The van der Waals surface area contributed by atoms with Crippen molar-refractivity contribution in [3.63, 3.8) is 0 Å². The molecule has 188 valence electrons. The molecule has 0 spiro atoms.